The van der Waals surface area contributed by atoms with Gasteiger partial charge in [0.05, 0.1) is 0 Å². The van der Waals surface area contributed by atoms with Gasteiger partial charge in [-0.25, -0.2) is 0 Å². The fourth-order valence-corrected chi connectivity index (χ4v) is 12.6. The van der Waals surface area contributed by atoms with Crippen molar-refractivity contribution in [2.75, 3.05) is 0 Å². The third-order valence-electron chi connectivity index (χ3n) is 2.93. The van der Waals surface area contributed by atoms with Crippen molar-refractivity contribution in [1.29, 1.82) is 0 Å². The zero-order valence-corrected chi connectivity index (χ0v) is 15.0. The second kappa shape index (κ2) is 5.86. The Kier molecular flexibility index (Phi) is 4.68. The standard InChI is InChI=1S/2C5H5.C4H6.2ClH.Hf/c2*1-2-4-5-3-1;1-4-2-3-4;;;/h2*1-3H,4H2;2-4H,1H3;2*1H;/q;;;;;+2/p-2. The molecule has 0 fully saturated rings. The molecule has 0 atom stereocenters. The van der Waals surface area contributed by atoms with E-state index in [4.69, 9.17) is 17.2 Å². The summed E-state index contributed by atoms with van der Waals surface area (Å²) in [7, 11) is 13.0. The second-order valence-corrected chi connectivity index (χ2v) is 24.1. The summed E-state index contributed by atoms with van der Waals surface area (Å²) in [6, 6.07) is 0. The van der Waals surface area contributed by atoms with Gasteiger partial charge in [0.1, 0.15) is 0 Å². The Morgan fingerprint density at radius 2 is 1.41 bits per heavy atom. The Bertz CT molecular complexity index is 401. The van der Waals surface area contributed by atoms with Crippen molar-refractivity contribution in [1.82, 2.24) is 0 Å². The van der Waals surface area contributed by atoms with Gasteiger partial charge >= 0.3 is 90.7 Å². The number of rotatable bonds is 2. The van der Waals surface area contributed by atoms with Crippen molar-refractivity contribution >= 4 is 17.2 Å². The second-order valence-electron chi connectivity index (χ2n) is 4.47. The molecule has 0 saturated heterocycles. The van der Waals surface area contributed by atoms with Crippen LogP contribution in [0.25, 0.3) is 0 Å². The predicted octanol–water partition coefficient (Wildman–Crippen LogP) is 5.33. The summed E-state index contributed by atoms with van der Waals surface area (Å²) in [5.74, 6) is 0.833. The number of allylic oxidation sites excluding steroid dienone is 10. The molecule has 3 aliphatic rings. The van der Waals surface area contributed by atoms with Crippen LogP contribution in [0.5, 0.6) is 0 Å². The first-order valence-corrected chi connectivity index (χ1v) is 18.4. The summed E-state index contributed by atoms with van der Waals surface area (Å²) in [5.41, 5.74) is 0. The molecule has 3 aliphatic carbocycles. The van der Waals surface area contributed by atoms with E-state index in [0.717, 1.165) is 18.8 Å². The van der Waals surface area contributed by atoms with E-state index in [1.54, 1.807) is 0 Å². The Morgan fingerprint density at radius 1 is 1.00 bits per heavy atom. The monoisotopic (exact) mass is 434 g/mol. The Morgan fingerprint density at radius 3 is 1.65 bits per heavy atom. The molecule has 0 spiro atoms. The van der Waals surface area contributed by atoms with Gasteiger partial charge in [0.15, 0.2) is 0 Å². The molecular formula is C14H16Cl2Hf. The molecule has 90 valence electrons. The number of hydrogen-bond acceptors (Lipinski definition) is 0. The van der Waals surface area contributed by atoms with Crippen molar-refractivity contribution in [3.8, 4) is 0 Å². The number of hydrogen-bond donors (Lipinski definition) is 0. The van der Waals surface area contributed by atoms with E-state index in [9.17, 15) is 0 Å². The number of halogens is 2. The zero-order valence-electron chi connectivity index (χ0n) is 9.87. The molecule has 0 aliphatic heterocycles. The van der Waals surface area contributed by atoms with Gasteiger partial charge in [-0.1, -0.05) is 19.1 Å². The molecule has 3 heteroatoms. The van der Waals surface area contributed by atoms with Crippen molar-refractivity contribution in [2.24, 2.45) is 5.92 Å². The molecule has 0 unspecified atom stereocenters. The normalized spacial score (nSPS) is 21.1. The quantitative estimate of drug-likeness (QED) is 0.408. The van der Waals surface area contributed by atoms with Gasteiger partial charge in [0.25, 0.3) is 0 Å². The summed E-state index contributed by atoms with van der Waals surface area (Å²) >= 11 is -3.19. The fraction of sp³-hybridized carbons (Fsp3) is 0.286. The molecule has 0 aromatic heterocycles. The van der Waals surface area contributed by atoms with Crippen molar-refractivity contribution in [2.45, 2.75) is 19.8 Å². The van der Waals surface area contributed by atoms with Crippen molar-refractivity contribution in [3.05, 3.63) is 55.3 Å². The van der Waals surface area contributed by atoms with Crippen LogP contribution in [0.1, 0.15) is 19.8 Å². The summed E-state index contributed by atoms with van der Waals surface area (Å²) < 4.78 is 2.59. The Hall–Kier alpha value is 0.150. The minimum atomic E-state index is -3.19. The van der Waals surface area contributed by atoms with Crippen LogP contribution in [0.2, 0.25) is 0 Å². The minimum absolute atomic E-state index is 0.833. The first kappa shape index (κ1) is 13.6. The maximum absolute atomic E-state index is 6.52. The van der Waals surface area contributed by atoms with Crippen LogP contribution in [-0.4, -0.2) is 0 Å². The van der Waals surface area contributed by atoms with E-state index >= 15 is 0 Å². The van der Waals surface area contributed by atoms with Crippen LogP contribution in [0.15, 0.2) is 55.3 Å². The van der Waals surface area contributed by atoms with Gasteiger partial charge in [0.2, 0.25) is 0 Å². The average Bonchev–Trinajstić information content (AvgIpc) is 2.89. The first-order chi connectivity index (χ1) is 8.10. The average molecular weight is 434 g/mol. The summed E-state index contributed by atoms with van der Waals surface area (Å²) in [6.45, 7) is 2.17. The van der Waals surface area contributed by atoms with E-state index in [0.29, 0.717) is 0 Å². The molecule has 0 saturated carbocycles. The molecule has 3 rings (SSSR count). The maximum atomic E-state index is 6.52. The molecule has 0 nitrogen and oxygen atoms in total. The van der Waals surface area contributed by atoms with E-state index in [1.807, 2.05) is 0 Å². The Labute approximate surface area is 115 Å². The van der Waals surface area contributed by atoms with Gasteiger partial charge in [-0.3, -0.25) is 0 Å². The van der Waals surface area contributed by atoms with Crippen molar-refractivity contribution < 1.29 is 17.6 Å². The van der Waals surface area contributed by atoms with Gasteiger partial charge in [-0.2, -0.15) is 0 Å². The van der Waals surface area contributed by atoms with Gasteiger partial charge in [-0.15, -0.1) is 0 Å². The van der Waals surface area contributed by atoms with Gasteiger partial charge in [-0.05, 0) is 5.92 Å². The van der Waals surface area contributed by atoms with Crippen LogP contribution in [0, 0.1) is 5.92 Å². The van der Waals surface area contributed by atoms with E-state index in [2.05, 4.69) is 55.5 Å². The van der Waals surface area contributed by atoms with Gasteiger partial charge in [0, 0.05) is 0 Å². The summed E-state index contributed by atoms with van der Waals surface area (Å²) in [5, 5.41) is 0. The van der Waals surface area contributed by atoms with Crippen LogP contribution < -0.4 is 0 Å². The first-order valence-electron chi connectivity index (χ1n) is 5.89. The van der Waals surface area contributed by atoms with E-state index in [-0.39, 0.29) is 0 Å². The van der Waals surface area contributed by atoms with Gasteiger partial charge < -0.3 is 0 Å². The van der Waals surface area contributed by atoms with Crippen LogP contribution in [0.4, 0.5) is 0 Å². The molecule has 17 heavy (non-hydrogen) atoms. The molecule has 0 aromatic rings. The summed E-state index contributed by atoms with van der Waals surface area (Å²) in [4.78, 5) is 0. The van der Waals surface area contributed by atoms with Crippen LogP contribution in [0.3, 0.4) is 0 Å². The fourth-order valence-electron chi connectivity index (χ4n) is 1.68. The Balaban J connectivity index is 0.000000228. The molecule has 0 bridgehead atoms. The zero-order chi connectivity index (χ0) is 12.3. The molecule has 0 aromatic carbocycles. The molecule has 0 heterocycles. The third-order valence-corrected chi connectivity index (χ3v) is 19.3. The van der Waals surface area contributed by atoms with E-state index in [1.165, 1.54) is 6.66 Å². The van der Waals surface area contributed by atoms with Crippen LogP contribution >= 0.6 is 17.2 Å². The SMILES string of the molecule is CC1C=C1.[Cl][Hf]([Cl])([C]1=CC=CC1)[C]1=CC=CC1. The molecule has 0 N–H and O–H groups in total. The van der Waals surface area contributed by atoms with E-state index < -0.39 is 17.6 Å². The molecule has 0 amide bonds. The van der Waals surface area contributed by atoms with Crippen LogP contribution in [-0.2, 0) is 17.6 Å². The van der Waals surface area contributed by atoms with Crippen molar-refractivity contribution in [3.63, 3.8) is 0 Å². The molecular weight excluding hydrogens is 418 g/mol. The summed E-state index contributed by atoms with van der Waals surface area (Å²) in [6.07, 6.45) is 18.8. The molecule has 0 radical (unpaired) electrons. The predicted molar refractivity (Wildman–Crippen MR) is 73.7 cm³/mol. The third kappa shape index (κ3) is 3.81. The topological polar surface area (TPSA) is 0 Å².